The topological polar surface area (TPSA) is 80.0 Å². The lowest BCUT2D eigenvalue weighted by atomic mass is 10.1. The van der Waals surface area contributed by atoms with Gasteiger partial charge in [-0.25, -0.2) is 0 Å². The van der Waals surface area contributed by atoms with Crippen molar-refractivity contribution in [3.05, 3.63) is 41.5 Å². The normalized spacial score (nSPS) is 10.3. The summed E-state index contributed by atoms with van der Waals surface area (Å²) in [6, 6.07) is 5.71. The lowest BCUT2D eigenvalue weighted by molar-refractivity contribution is 0.0950. The van der Waals surface area contributed by atoms with E-state index in [2.05, 4.69) is 32.2 Å². The van der Waals surface area contributed by atoms with E-state index in [0.717, 1.165) is 24.2 Å². The number of aromatic nitrogens is 2. The van der Waals surface area contributed by atoms with E-state index in [9.17, 15) is 4.79 Å². The summed E-state index contributed by atoms with van der Waals surface area (Å²) in [5.41, 5.74) is 2.57. The summed E-state index contributed by atoms with van der Waals surface area (Å²) in [6.07, 6.45) is 2.24. The molecular weight excluding hydrogens is 256 g/mol. The van der Waals surface area contributed by atoms with Crippen LogP contribution in [0.1, 0.15) is 35.1 Å². The third-order valence-corrected chi connectivity index (χ3v) is 2.80. The van der Waals surface area contributed by atoms with Crippen molar-refractivity contribution >= 4 is 11.6 Å². The number of nitrogens with one attached hydrogen (secondary N) is 2. The van der Waals surface area contributed by atoms with Crippen LogP contribution in [-0.2, 0) is 6.54 Å². The fourth-order valence-electron chi connectivity index (χ4n) is 1.79. The first kappa shape index (κ1) is 14.0. The molecule has 0 saturated carbocycles. The van der Waals surface area contributed by atoms with Gasteiger partial charge in [-0.1, -0.05) is 18.1 Å². The maximum atomic E-state index is 12.2. The Labute approximate surface area is 117 Å². The minimum atomic E-state index is -0.159. The molecule has 106 valence electrons. The fourth-order valence-corrected chi connectivity index (χ4v) is 1.79. The second kappa shape index (κ2) is 6.70. The average Bonchev–Trinajstić information content (AvgIpc) is 2.96. The molecule has 2 rings (SSSR count). The van der Waals surface area contributed by atoms with Crippen molar-refractivity contribution in [3.8, 4) is 0 Å². The predicted molar refractivity (Wildman–Crippen MR) is 75.4 cm³/mol. The molecule has 1 amide bonds. The minimum Gasteiger partial charge on any atom is -0.384 e. The van der Waals surface area contributed by atoms with E-state index in [4.69, 9.17) is 0 Å². The third-order valence-electron chi connectivity index (χ3n) is 2.80. The molecule has 0 atom stereocenters. The zero-order chi connectivity index (χ0) is 14.4. The molecule has 0 bridgehead atoms. The van der Waals surface area contributed by atoms with Crippen molar-refractivity contribution in [3.63, 3.8) is 0 Å². The molecule has 1 heterocycles. The zero-order valence-corrected chi connectivity index (χ0v) is 11.6. The highest BCUT2D eigenvalue weighted by molar-refractivity contribution is 5.99. The maximum absolute atomic E-state index is 12.2. The van der Waals surface area contributed by atoms with E-state index in [1.807, 2.05) is 25.1 Å². The summed E-state index contributed by atoms with van der Waals surface area (Å²) in [5.74, 6) is 0.293. The molecule has 6 heteroatoms. The van der Waals surface area contributed by atoms with Crippen LogP contribution in [0.25, 0.3) is 0 Å². The Morgan fingerprint density at radius 3 is 2.95 bits per heavy atom. The summed E-state index contributed by atoms with van der Waals surface area (Å²) in [7, 11) is 0. The number of anilines is 1. The van der Waals surface area contributed by atoms with Gasteiger partial charge in [0.05, 0.1) is 12.1 Å². The lowest BCUT2D eigenvalue weighted by Gasteiger charge is -2.12. The molecule has 0 aliphatic heterocycles. The Hall–Kier alpha value is -2.37. The molecule has 0 unspecified atom stereocenters. The van der Waals surface area contributed by atoms with Gasteiger partial charge in [0, 0.05) is 12.2 Å². The predicted octanol–water partition coefficient (Wildman–Crippen LogP) is 2.13. The number of carbonyl (C=O) groups is 1. The van der Waals surface area contributed by atoms with Crippen LogP contribution in [0.5, 0.6) is 0 Å². The Kier molecular flexibility index (Phi) is 4.70. The van der Waals surface area contributed by atoms with Crippen molar-refractivity contribution in [2.75, 3.05) is 11.9 Å². The van der Waals surface area contributed by atoms with Gasteiger partial charge in [0.2, 0.25) is 6.39 Å². The molecule has 0 saturated heterocycles. The number of rotatable bonds is 6. The van der Waals surface area contributed by atoms with Gasteiger partial charge in [0.25, 0.3) is 5.91 Å². The highest BCUT2D eigenvalue weighted by atomic mass is 16.5. The fraction of sp³-hybridized carbons (Fsp3) is 0.357. The summed E-state index contributed by atoms with van der Waals surface area (Å²) < 4.78 is 4.62. The second-order valence-electron chi connectivity index (χ2n) is 4.51. The smallest absolute Gasteiger partial charge is 0.253 e. The molecule has 0 spiro atoms. The van der Waals surface area contributed by atoms with E-state index in [0.29, 0.717) is 11.4 Å². The molecule has 1 aromatic carbocycles. The standard InChI is InChI=1S/C14H18N4O2/c1-3-6-15-12-7-10(2)4-5-11(12)14(19)16-8-13-17-9-20-18-13/h4-5,7,9,15H,3,6,8H2,1-2H3,(H,16,19). The summed E-state index contributed by atoms with van der Waals surface area (Å²) >= 11 is 0. The van der Waals surface area contributed by atoms with Crippen molar-refractivity contribution in [2.45, 2.75) is 26.8 Å². The number of carbonyl (C=O) groups excluding carboxylic acids is 1. The molecule has 2 N–H and O–H groups in total. The zero-order valence-electron chi connectivity index (χ0n) is 11.6. The van der Waals surface area contributed by atoms with E-state index in [1.165, 1.54) is 6.39 Å². The molecule has 0 radical (unpaired) electrons. The monoisotopic (exact) mass is 274 g/mol. The summed E-state index contributed by atoms with van der Waals surface area (Å²) in [6.45, 7) is 5.15. The number of aryl methyl sites for hydroxylation is 1. The largest absolute Gasteiger partial charge is 0.384 e. The first-order valence-electron chi connectivity index (χ1n) is 6.58. The molecule has 0 aliphatic carbocycles. The van der Waals surface area contributed by atoms with Crippen LogP contribution in [0.4, 0.5) is 5.69 Å². The first-order valence-corrected chi connectivity index (χ1v) is 6.58. The number of hydrogen-bond donors (Lipinski definition) is 2. The molecule has 20 heavy (non-hydrogen) atoms. The molecule has 0 aliphatic rings. The van der Waals surface area contributed by atoms with Crippen LogP contribution in [0.3, 0.4) is 0 Å². The Balaban J connectivity index is 2.07. The van der Waals surface area contributed by atoms with Crippen LogP contribution in [0.15, 0.2) is 29.1 Å². The quantitative estimate of drug-likeness (QED) is 0.843. The maximum Gasteiger partial charge on any atom is 0.253 e. The third kappa shape index (κ3) is 3.57. The Morgan fingerprint density at radius 2 is 2.25 bits per heavy atom. The Morgan fingerprint density at radius 1 is 1.40 bits per heavy atom. The first-order chi connectivity index (χ1) is 9.70. The van der Waals surface area contributed by atoms with Gasteiger partial charge < -0.3 is 15.2 Å². The molecule has 6 nitrogen and oxygen atoms in total. The molecule has 0 fully saturated rings. The van der Waals surface area contributed by atoms with Crippen LogP contribution < -0.4 is 10.6 Å². The van der Waals surface area contributed by atoms with Crippen LogP contribution in [0, 0.1) is 6.92 Å². The highest BCUT2D eigenvalue weighted by Gasteiger charge is 2.12. The number of amides is 1. The SMILES string of the molecule is CCCNc1cc(C)ccc1C(=O)NCc1ncon1. The van der Waals surface area contributed by atoms with E-state index in [1.54, 1.807) is 0 Å². The van der Waals surface area contributed by atoms with Crippen molar-refractivity contribution in [1.29, 1.82) is 0 Å². The van der Waals surface area contributed by atoms with E-state index >= 15 is 0 Å². The molecule has 2 aromatic rings. The van der Waals surface area contributed by atoms with Gasteiger partial charge in [-0.2, -0.15) is 4.98 Å². The van der Waals surface area contributed by atoms with E-state index < -0.39 is 0 Å². The van der Waals surface area contributed by atoms with Crippen LogP contribution in [0.2, 0.25) is 0 Å². The number of hydrogen-bond acceptors (Lipinski definition) is 5. The van der Waals surface area contributed by atoms with Gasteiger partial charge in [-0.3, -0.25) is 4.79 Å². The van der Waals surface area contributed by atoms with Crippen LogP contribution >= 0.6 is 0 Å². The summed E-state index contributed by atoms with van der Waals surface area (Å²) in [4.78, 5) is 16.1. The van der Waals surface area contributed by atoms with Gasteiger partial charge in [-0.05, 0) is 31.0 Å². The van der Waals surface area contributed by atoms with Gasteiger partial charge in [0.15, 0.2) is 5.82 Å². The van der Waals surface area contributed by atoms with Crippen molar-refractivity contribution in [2.24, 2.45) is 0 Å². The minimum absolute atomic E-state index is 0.159. The molecule has 1 aromatic heterocycles. The van der Waals surface area contributed by atoms with Gasteiger partial charge >= 0.3 is 0 Å². The van der Waals surface area contributed by atoms with E-state index in [-0.39, 0.29) is 12.5 Å². The Bertz CT molecular complexity index is 567. The second-order valence-corrected chi connectivity index (χ2v) is 4.51. The van der Waals surface area contributed by atoms with Crippen LogP contribution in [-0.4, -0.2) is 22.6 Å². The number of benzene rings is 1. The summed E-state index contributed by atoms with van der Waals surface area (Å²) in [5, 5.41) is 9.69. The number of nitrogens with zero attached hydrogens (tertiary/aromatic N) is 2. The lowest BCUT2D eigenvalue weighted by Crippen LogP contribution is -2.24. The van der Waals surface area contributed by atoms with Crippen molar-refractivity contribution < 1.29 is 9.32 Å². The molecular formula is C14H18N4O2. The van der Waals surface area contributed by atoms with Crippen molar-refractivity contribution in [1.82, 2.24) is 15.5 Å². The van der Waals surface area contributed by atoms with Gasteiger partial charge in [0.1, 0.15) is 0 Å². The van der Waals surface area contributed by atoms with Gasteiger partial charge in [-0.15, -0.1) is 0 Å². The highest BCUT2D eigenvalue weighted by Crippen LogP contribution is 2.17. The average molecular weight is 274 g/mol.